The molecule has 1 aromatic rings. The lowest BCUT2D eigenvalue weighted by Crippen LogP contribution is -2.20. The van der Waals surface area contributed by atoms with Crippen LogP contribution in [0.3, 0.4) is 0 Å². The molecule has 78 valence electrons. The number of ether oxygens (including phenoxy) is 1. The van der Waals surface area contributed by atoms with Crippen molar-refractivity contribution in [1.82, 2.24) is 9.55 Å². The third kappa shape index (κ3) is 3.57. The van der Waals surface area contributed by atoms with E-state index in [9.17, 15) is 4.79 Å². The van der Waals surface area contributed by atoms with Gasteiger partial charge in [0.05, 0.1) is 6.33 Å². The minimum absolute atomic E-state index is 0.450. The molecule has 0 spiro atoms. The van der Waals surface area contributed by atoms with Crippen molar-refractivity contribution < 1.29 is 14.6 Å². The maximum absolute atomic E-state index is 10.4. The molecule has 1 heterocycles. The SMILES string of the molecule is C[C@@H](OCCCn1ccnc1)C(=O)O. The number of hydrogen-bond acceptors (Lipinski definition) is 3. The van der Waals surface area contributed by atoms with E-state index in [0.29, 0.717) is 6.61 Å². The summed E-state index contributed by atoms with van der Waals surface area (Å²) in [6, 6.07) is 0. The van der Waals surface area contributed by atoms with Gasteiger partial charge in [0.1, 0.15) is 0 Å². The molecule has 1 N–H and O–H groups in total. The Hall–Kier alpha value is -1.36. The maximum atomic E-state index is 10.4. The minimum atomic E-state index is -0.923. The summed E-state index contributed by atoms with van der Waals surface area (Å²) in [7, 11) is 0. The van der Waals surface area contributed by atoms with Gasteiger partial charge in [-0.2, -0.15) is 0 Å². The summed E-state index contributed by atoms with van der Waals surface area (Å²) in [4.78, 5) is 14.3. The first kappa shape index (κ1) is 10.7. The second-order valence-electron chi connectivity index (χ2n) is 3.01. The molecule has 5 nitrogen and oxygen atoms in total. The summed E-state index contributed by atoms with van der Waals surface area (Å²) in [5.41, 5.74) is 0. The highest BCUT2D eigenvalue weighted by Crippen LogP contribution is 1.95. The van der Waals surface area contributed by atoms with E-state index in [4.69, 9.17) is 9.84 Å². The molecule has 1 aromatic heterocycles. The Morgan fingerprint density at radius 3 is 3.07 bits per heavy atom. The molecule has 0 saturated carbocycles. The number of nitrogens with zero attached hydrogens (tertiary/aromatic N) is 2. The zero-order chi connectivity index (χ0) is 10.4. The normalized spacial score (nSPS) is 12.6. The van der Waals surface area contributed by atoms with E-state index in [2.05, 4.69) is 4.98 Å². The lowest BCUT2D eigenvalue weighted by Gasteiger charge is -2.08. The van der Waals surface area contributed by atoms with Crippen molar-refractivity contribution in [2.24, 2.45) is 0 Å². The van der Waals surface area contributed by atoms with Crippen molar-refractivity contribution in [3.63, 3.8) is 0 Å². The standard InChI is InChI=1S/C9H14N2O3/c1-8(9(12)13)14-6-2-4-11-5-3-10-7-11/h3,5,7-8H,2,4,6H2,1H3,(H,12,13)/t8-/m1/s1. The summed E-state index contributed by atoms with van der Waals surface area (Å²) in [5.74, 6) is -0.923. The van der Waals surface area contributed by atoms with Crippen LogP contribution in [0.25, 0.3) is 0 Å². The van der Waals surface area contributed by atoms with E-state index >= 15 is 0 Å². The van der Waals surface area contributed by atoms with E-state index in [1.807, 2.05) is 10.8 Å². The van der Waals surface area contributed by atoms with Gasteiger partial charge in [0.2, 0.25) is 0 Å². The van der Waals surface area contributed by atoms with Crippen LogP contribution in [-0.4, -0.2) is 33.3 Å². The van der Waals surface area contributed by atoms with E-state index in [0.717, 1.165) is 13.0 Å². The minimum Gasteiger partial charge on any atom is -0.479 e. The average molecular weight is 198 g/mol. The van der Waals surface area contributed by atoms with Gasteiger partial charge in [0.25, 0.3) is 0 Å². The second kappa shape index (κ2) is 5.39. The lowest BCUT2D eigenvalue weighted by molar-refractivity contribution is -0.149. The second-order valence-corrected chi connectivity index (χ2v) is 3.01. The molecule has 1 atom stereocenters. The summed E-state index contributed by atoms with van der Waals surface area (Å²) < 4.78 is 6.99. The third-order valence-corrected chi connectivity index (χ3v) is 1.84. The molecule has 0 aliphatic rings. The lowest BCUT2D eigenvalue weighted by atomic mass is 10.4. The van der Waals surface area contributed by atoms with Crippen molar-refractivity contribution in [2.45, 2.75) is 26.0 Å². The summed E-state index contributed by atoms with van der Waals surface area (Å²) in [5, 5.41) is 8.53. The van der Waals surface area contributed by atoms with E-state index in [1.165, 1.54) is 6.92 Å². The number of hydrogen-bond donors (Lipinski definition) is 1. The predicted molar refractivity (Wildman–Crippen MR) is 49.9 cm³/mol. The van der Waals surface area contributed by atoms with Gasteiger partial charge in [-0.05, 0) is 13.3 Å². The number of carbonyl (C=O) groups is 1. The largest absolute Gasteiger partial charge is 0.479 e. The molecule has 0 aromatic carbocycles. The van der Waals surface area contributed by atoms with Crippen LogP contribution in [0.4, 0.5) is 0 Å². The monoisotopic (exact) mass is 198 g/mol. The molecule has 14 heavy (non-hydrogen) atoms. The smallest absolute Gasteiger partial charge is 0.332 e. The van der Waals surface area contributed by atoms with Gasteiger partial charge in [-0.25, -0.2) is 9.78 Å². The Morgan fingerprint density at radius 1 is 1.71 bits per heavy atom. The molecule has 0 amide bonds. The highest BCUT2D eigenvalue weighted by Gasteiger charge is 2.09. The van der Waals surface area contributed by atoms with E-state index < -0.39 is 12.1 Å². The molecule has 0 bridgehead atoms. The number of rotatable bonds is 6. The first-order chi connectivity index (χ1) is 6.70. The highest BCUT2D eigenvalue weighted by molar-refractivity contribution is 5.71. The first-order valence-electron chi connectivity index (χ1n) is 4.50. The summed E-state index contributed by atoms with van der Waals surface area (Å²) >= 11 is 0. The number of carboxylic acids is 1. The topological polar surface area (TPSA) is 64.4 Å². The van der Waals surface area contributed by atoms with Gasteiger partial charge in [-0.1, -0.05) is 0 Å². The van der Waals surface area contributed by atoms with Crippen molar-refractivity contribution in [1.29, 1.82) is 0 Å². The molecule has 0 unspecified atom stereocenters. The molecular weight excluding hydrogens is 184 g/mol. The maximum Gasteiger partial charge on any atom is 0.332 e. The average Bonchev–Trinajstić information content (AvgIpc) is 2.64. The predicted octanol–water partition coefficient (Wildman–Crippen LogP) is 0.763. The fraction of sp³-hybridized carbons (Fsp3) is 0.556. The van der Waals surface area contributed by atoms with Crippen LogP contribution in [-0.2, 0) is 16.1 Å². The first-order valence-corrected chi connectivity index (χ1v) is 4.50. The summed E-state index contributed by atoms with van der Waals surface area (Å²) in [6.45, 7) is 2.78. The molecule has 1 rings (SSSR count). The molecule has 0 radical (unpaired) electrons. The van der Waals surface area contributed by atoms with Crippen LogP contribution in [0.5, 0.6) is 0 Å². The number of aromatic nitrogens is 2. The van der Waals surface area contributed by atoms with Crippen LogP contribution < -0.4 is 0 Å². The molecule has 0 saturated heterocycles. The van der Waals surface area contributed by atoms with Gasteiger partial charge in [-0.3, -0.25) is 0 Å². The number of carboxylic acid groups (broad SMARTS) is 1. The van der Waals surface area contributed by atoms with Crippen LogP contribution >= 0.6 is 0 Å². The molecule has 0 fully saturated rings. The fourth-order valence-electron chi connectivity index (χ4n) is 0.998. The Morgan fingerprint density at radius 2 is 2.50 bits per heavy atom. The Balaban J connectivity index is 2.08. The van der Waals surface area contributed by atoms with E-state index in [1.54, 1.807) is 12.5 Å². The fourth-order valence-corrected chi connectivity index (χ4v) is 0.998. The van der Waals surface area contributed by atoms with Crippen molar-refractivity contribution in [3.05, 3.63) is 18.7 Å². The van der Waals surface area contributed by atoms with Crippen molar-refractivity contribution in [3.8, 4) is 0 Å². The van der Waals surface area contributed by atoms with E-state index in [-0.39, 0.29) is 0 Å². The van der Waals surface area contributed by atoms with Crippen molar-refractivity contribution in [2.75, 3.05) is 6.61 Å². The van der Waals surface area contributed by atoms with Gasteiger partial charge in [0.15, 0.2) is 6.10 Å². The van der Waals surface area contributed by atoms with Crippen molar-refractivity contribution >= 4 is 5.97 Å². The number of aliphatic carboxylic acids is 1. The van der Waals surface area contributed by atoms with Gasteiger partial charge in [0, 0.05) is 25.5 Å². The van der Waals surface area contributed by atoms with Crippen LogP contribution in [0, 0.1) is 0 Å². The van der Waals surface area contributed by atoms with Gasteiger partial charge >= 0.3 is 5.97 Å². The Labute approximate surface area is 82.3 Å². The highest BCUT2D eigenvalue weighted by atomic mass is 16.5. The van der Waals surface area contributed by atoms with Crippen LogP contribution in [0.1, 0.15) is 13.3 Å². The Bertz CT molecular complexity index is 272. The molecular formula is C9H14N2O3. The molecule has 5 heteroatoms. The molecule has 0 aliphatic heterocycles. The van der Waals surface area contributed by atoms with Gasteiger partial charge < -0.3 is 14.4 Å². The summed E-state index contributed by atoms with van der Waals surface area (Å²) in [6.07, 6.45) is 5.36. The molecule has 0 aliphatic carbocycles. The van der Waals surface area contributed by atoms with Crippen LogP contribution in [0.2, 0.25) is 0 Å². The van der Waals surface area contributed by atoms with Crippen LogP contribution in [0.15, 0.2) is 18.7 Å². The van der Waals surface area contributed by atoms with Gasteiger partial charge in [-0.15, -0.1) is 0 Å². The quantitative estimate of drug-likeness (QED) is 0.685. The number of imidazole rings is 1. The Kier molecular flexibility index (Phi) is 4.12. The number of aryl methyl sites for hydroxylation is 1. The zero-order valence-corrected chi connectivity index (χ0v) is 8.09. The zero-order valence-electron chi connectivity index (χ0n) is 8.09. The third-order valence-electron chi connectivity index (χ3n) is 1.84.